The van der Waals surface area contributed by atoms with E-state index in [2.05, 4.69) is 35.1 Å². The van der Waals surface area contributed by atoms with Gasteiger partial charge >= 0.3 is 6.09 Å². The van der Waals surface area contributed by atoms with E-state index >= 15 is 0 Å². The maximum absolute atomic E-state index is 11.8. The zero-order chi connectivity index (χ0) is 16.3. The molecule has 0 spiro atoms. The van der Waals surface area contributed by atoms with E-state index in [1.54, 1.807) is 0 Å². The van der Waals surface area contributed by atoms with Crippen molar-refractivity contribution < 1.29 is 9.53 Å². The first kappa shape index (κ1) is 16.6. The second-order valence-corrected chi connectivity index (χ2v) is 7.06. The Morgan fingerprint density at radius 2 is 1.95 bits per heavy atom. The lowest BCUT2D eigenvalue weighted by molar-refractivity contribution is 0.0497. The Morgan fingerprint density at radius 1 is 1.32 bits per heavy atom. The number of carbonyl (C=O) groups excluding carboxylic acids is 1. The number of pyridine rings is 1. The molecule has 2 heterocycles. The first-order valence-electron chi connectivity index (χ1n) is 7.92. The number of nitrogens with one attached hydrogen (secondary N) is 1. The Hall–Kier alpha value is -1.78. The molecule has 22 heavy (non-hydrogen) atoms. The van der Waals surface area contributed by atoms with E-state index in [0.717, 1.165) is 31.7 Å². The molecule has 0 aliphatic carbocycles. The third-order valence-corrected chi connectivity index (χ3v) is 3.70. The van der Waals surface area contributed by atoms with Crippen LogP contribution in [0, 0.1) is 13.8 Å². The monoisotopic (exact) mass is 305 g/mol. The molecule has 1 amide bonds. The molecular weight excluding hydrogens is 278 g/mol. The number of anilines is 1. The lowest BCUT2D eigenvalue weighted by Gasteiger charge is -2.34. The standard InChI is InChI=1S/C17H27N3O2/c1-12-10-13(2)15(18-11-12)20-8-6-14(7-9-20)19-16(21)22-17(3,4)5/h10-11,14H,6-9H2,1-5H3,(H,19,21). The van der Waals surface area contributed by atoms with Gasteiger partial charge in [0.2, 0.25) is 0 Å². The van der Waals surface area contributed by atoms with E-state index in [1.165, 1.54) is 11.1 Å². The number of ether oxygens (including phenoxy) is 1. The molecule has 0 bridgehead atoms. The molecule has 1 aliphatic rings. The van der Waals surface area contributed by atoms with Gasteiger partial charge in [-0.25, -0.2) is 9.78 Å². The van der Waals surface area contributed by atoms with Crippen LogP contribution in [0.25, 0.3) is 0 Å². The van der Waals surface area contributed by atoms with Gasteiger partial charge in [0, 0.05) is 25.3 Å². The zero-order valence-corrected chi connectivity index (χ0v) is 14.3. The molecule has 1 aromatic heterocycles. The van der Waals surface area contributed by atoms with Gasteiger partial charge in [0.15, 0.2) is 0 Å². The topological polar surface area (TPSA) is 54.5 Å². The number of piperidine rings is 1. The van der Waals surface area contributed by atoms with Crippen molar-refractivity contribution >= 4 is 11.9 Å². The van der Waals surface area contributed by atoms with Gasteiger partial charge in [0.05, 0.1) is 0 Å². The van der Waals surface area contributed by atoms with Crippen LogP contribution in [0.1, 0.15) is 44.7 Å². The lowest BCUT2D eigenvalue weighted by Crippen LogP contribution is -2.46. The van der Waals surface area contributed by atoms with Crippen LogP contribution in [0.4, 0.5) is 10.6 Å². The van der Waals surface area contributed by atoms with Crippen molar-refractivity contribution in [2.75, 3.05) is 18.0 Å². The van der Waals surface area contributed by atoms with Crippen molar-refractivity contribution in [3.05, 3.63) is 23.4 Å². The number of carbonyl (C=O) groups is 1. The van der Waals surface area contributed by atoms with Crippen molar-refractivity contribution in [1.29, 1.82) is 0 Å². The molecule has 1 aliphatic heterocycles. The van der Waals surface area contributed by atoms with Gasteiger partial charge in [-0.2, -0.15) is 0 Å². The van der Waals surface area contributed by atoms with Crippen LogP contribution < -0.4 is 10.2 Å². The van der Waals surface area contributed by atoms with Crippen molar-refractivity contribution in [3.8, 4) is 0 Å². The highest BCUT2D eigenvalue weighted by atomic mass is 16.6. The lowest BCUT2D eigenvalue weighted by atomic mass is 10.0. The average Bonchev–Trinajstić information content (AvgIpc) is 2.38. The van der Waals surface area contributed by atoms with Gasteiger partial charge in [-0.1, -0.05) is 6.07 Å². The third kappa shape index (κ3) is 4.61. The molecule has 0 atom stereocenters. The molecule has 122 valence electrons. The van der Waals surface area contributed by atoms with Crippen LogP contribution in [-0.2, 0) is 4.74 Å². The molecule has 1 saturated heterocycles. The second kappa shape index (κ2) is 6.55. The van der Waals surface area contributed by atoms with Gasteiger partial charge in [0.1, 0.15) is 11.4 Å². The van der Waals surface area contributed by atoms with Gasteiger partial charge in [-0.05, 0) is 58.6 Å². The molecule has 1 fully saturated rings. The normalized spacial score (nSPS) is 16.5. The maximum atomic E-state index is 11.8. The van der Waals surface area contributed by atoms with Gasteiger partial charge in [-0.3, -0.25) is 0 Å². The highest BCUT2D eigenvalue weighted by molar-refractivity contribution is 5.68. The molecule has 0 unspecified atom stereocenters. The van der Waals surface area contributed by atoms with Crippen molar-refractivity contribution in [1.82, 2.24) is 10.3 Å². The summed E-state index contributed by atoms with van der Waals surface area (Å²) in [7, 11) is 0. The van der Waals surface area contributed by atoms with Crippen LogP contribution >= 0.6 is 0 Å². The van der Waals surface area contributed by atoms with Crippen LogP contribution in [0.2, 0.25) is 0 Å². The first-order valence-corrected chi connectivity index (χ1v) is 7.92. The van der Waals surface area contributed by atoms with Crippen LogP contribution in [0.5, 0.6) is 0 Å². The van der Waals surface area contributed by atoms with E-state index in [0.29, 0.717) is 0 Å². The summed E-state index contributed by atoms with van der Waals surface area (Å²) in [6.45, 7) is 11.6. The summed E-state index contributed by atoms with van der Waals surface area (Å²) in [5.74, 6) is 1.06. The molecule has 5 nitrogen and oxygen atoms in total. The molecule has 5 heteroatoms. The number of rotatable bonds is 2. The fourth-order valence-electron chi connectivity index (χ4n) is 2.75. The number of hydrogen-bond acceptors (Lipinski definition) is 4. The minimum atomic E-state index is -0.451. The average molecular weight is 305 g/mol. The van der Waals surface area contributed by atoms with E-state index < -0.39 is 5.60 Å². The zero-order valence-electron chi connectivity index (χ0n) is 14.3. The Balaban J connectivity index is 1.86. The smallest absolute Gasteiger partial charge is 0.407 e. The predicted molar refractivity (Wildman–Crippen MR) is 88.3 cm³/mol. The number of hydrogen-bond donors (Lipinski definition) is 1. The number of nitrogens with zero attached hydrogens (tertiary/aromatic N) is 2. The predicted octanol–water partition coefficient (Wildman–Crippen LogP) is 3.19. The Bertz CT molecular complexity index is 529. The van der Waals surface area contributed by atoms with Gasteiger partial charge < -0.3 is 15.0 Å². The Labute approximate surface area is 133 Å². The molecular formula is C17H27N3O2. The quantitative estimate of drug-likeness (QED) is 0.911. The van der Waals surface area contributed by atoms with Gasteiger partial charge in [-0.15, -0.1) is 0 Å². The largest absolute Gasteiger partial charge is 0.444 e. The molecule has 0 radical (unpaired) electrons. The summed E-state index contributed by atoms with van der Waals surface area (Å²) < 4.78 is 5.31. The van der Waals surface area contributed by atoms with Crippen molar-refractivity contribution in [2.24, 2.45) is 0 Å². The minimum Gasteiger partial charge on any atom is -0.444 e. The van der Waals surface area contributed by atoms with E-state index in [-0.39, 0.29) is 12.1 Å². The Kier molecular flexibility index (Phi) is 4.94. The summed E-state index contributed by atoms with van der Waals surface area (Å²) in [5.41, 5.74) is 1.94. The highest BCUT2D eigenvalue weighted by Crippen LogP contribution is 2.22. The summed E-state index contributed by atoms with van der Waals surface area (Å²) in [6.07, 6.45) is 3.41. The summed E-state index contributed by atoms with van der Waals surface area (Å²) >= 11 is 0. The fourth-order valence-corrected chi connectivity index (χ4v) is 2.75. The number of amides is 1. The third-order valence-electron chi connectivity index (χ3n) is 3.70. The number of aryl methyl sites for hydroxylation is 2. The Morgan fingerprint density at radius 3 is 2.50 bits per heavy atom. The van der Waals surface area contributed by atoms with Crippen LogP contribution in [0.15, 0.2) is 12.3 Å². The molecule has 2 rings (SSSR count). The van der Waals surface area contributed by atoms with E-state index in [9.17, 15) is 4.79 Å². The minimum absolute atomic E-state index is 0.178. The molecule has 0 aromatic carbocycles. The van der Waals surface area contributed by atoms with Crippen LogP contribution in [-0.4, -0.2) is 35.8 Å². The number of aromatic nitrogens is 1. The summed E-state index contributed by atoms with van der Waals surface area (Å²) in [5, 5.41) is 2.96. The fraction of sp³-hybridized carbons (Fsp3) is 0.647. The molecule has 1 N–H and O–H groups in total. The molecule has 1 aromatic rings. The van der Waals surface area contributed by atoms with E-state index in [4.69, 9.17) is 4.74 Å². The van der Waals surface area contributed by atoms with Gasteiger partial charge in [0.25, 0.3) is 0 Å². The van der Waals surface area contributed by atoms with Crippen molar-refractivity contribution in [3.63, 3.8) is 0 Å². The SMILES string of the molecule is Cc1cnc(N2CCC(NC(=O)OC(C)(C)C)CC2)c(C)c1. The summed E-state index contributed by atoms with van der Waals surface area (Å²) in [6, 6.07) is 2.34. The number of alkyl carbamates (subject to hydrolysis) is 1. The summed E-state index contributed by atoms with van der Waals surface area (Å²) in [4.78, 5) is 18.7. The van der Waals surface area contributed by atoms with E-state index in [1.807, 2.05) is 27.0 Å². The second-order valence-electron chi connectivity index (χ2n) is 7.06. The first-order chi connectivity index (χ1) is 10.2. The highest BCUT2D eigenvalue weighted by Gasteiger charge is 2.24. The van der Waals surface area contributed by atoms with Crippen LogP contribution in [0.3, 0.4) is 0 Å². The van der Waals surface area contributed by atoms with Crippen molar-refractivity contribution in [2.45, 2.75) is 59.1 Å². The molecule has 0 saturated carbocycles. The maximum Gasteiger partial charge on any atom is 0.407 e.